The molecule has 18 heteroatoms. The van der Waals surface area contributed by atoms with Crippen LogP contribution in [0.4, 0.5) is 11.4 Å². The molecule has 6 amide bonds. The number of carbonyl (C=O) groups is 6. The predicted octanol–water partition coefficient (Wildman–Crippen LogP) is 2.74. The van der Waals surface area contributed by atoms with E-state index in [-0.39, 0.29) is 47.9 Å². The summed E-state index contributed by atoms with van der Waals surface area (Å²) in [6.45, 7) is 8.25. The van der Waals surface area contributed by atoms with Crippen molar-refractivity contribution < 1.29 is 66.7 Å². The topological polar surface area (TPSA) is 216 Å². The summed E-state index contributed by atoms with van der Waals surface area (Å²) in [5.41, 5.74) is 1.09. The van der Waals surface area contributed by atoms with E-state index in [2.05, 4.69) is 16.0 Å². The minimum absolute atomic E-state index is 0.0260. The number of ether oxygens (including phenoxy) is 8. The number of nitrogens with one attached hydrogen (secondary N) is 3. The number of nitrogens with zero attached hydrogens (tertiary/aromatic N) is 1. The first kappa shape index (κ1) is 46.9. The number of imide groups is 2. The van der Waals surface area contributed by atoms with E-state index in [0.29, 0.717) is 111 Å². The van der Waals surface area contributed by atoms with Gasteiger partial charge in [-0.05, 0) is 55.7 Å². The summed E-state index contributed by atoms with van der Waals surface area (Å²) in [6.07, 6.45) is 2.43. The lowest BCUT2D eigenvalue weighted by molar-refractivity contribution is -0.136. The lowest BCUT2D eigenvalue weighted by atomic mass is 10.0. The second-order valence-corrected chi connectivity index (χ2v) is 13.4. The summed E-state index contributed by atoms with van der Waals surface area (Å²) in [7, 11) is 0. The Morgan fingerprint density at radius 2 is 1.19 bits per heavy atom. The molecule has 1 fully saturated rings. The first-order valence-electron chi connectivity index (χ1n) is 19.9. The van der Waals surface area contributed by atoms with Gasteiger partial charge in [-0.15, -0.1) is 0 Å². The average molecular weight is 829 g/mol. The molecule has 2 aliphatic rings. The zero-order chi connectivity index (χ0) is 42.1. The molecule has 324 valence electrons. The van der Waals surface area contributed by atoms with Crippen LogP contribution >= 0.6 is 0 Å². The molecule has 0 aliphatic carbocycles. The van der Waals surface area contributed by atoms with Crippen LogP contribution in [0, 0.1) is 0 Å². The number of anilines is 2. The molecule has 0 saturated carbocycles. The third-order valence-corrected chi connectivity index (χ3v) is 8.84. The van der Waals surface area contributed by atoms with Gasteiger partial charge in [-0.2, -0.15) is 0 Å². The third-order valence-electron chi connectivity index (χ3n) is 8.84. The van der Waals surface area contributed by atoms with Gasteiger partial charge in [0, 0.05) is 32.1 Å². The molecule has 0 aromatic heterocycles. The van der Waals surface area contributed by atoms with Crippen molar-refractivity contribution in [3.05, 3.63) is 53.6 Å². The quantitative estimate of drug-likeness (QED) is 0.0737. The Morgan fingerprint density at radius 3 is 1.73 bits per heavy atom. The largest absolute Gasteiger partial charge is 0.491 e. The lowest BCUT2D eigenvalue weighted by Crippen LogP contribution is -2.54. The summed E-state index contributed by atoms with van der Waals surface area (Å²) in [5.74, 6) is -2.15. The smallest absolute Gasteiger partial charge is 0.264 e. The fraction of sp³-hybridized carbons (Fsp3) is 0.561. The van der Waals surface area contributed by atoms with Crippen molar-refractivity contribution >= 4 is 46.8 Å². The van der Waals surface area contributed by atoms with Crippen molar-refractivity contribution in [2.45, 2.75) is 51.5 Å². The second kappa shape index (κ2) is 27.0. The predicted molar refractivity (Wildman–Crippen MR) is 212 cm³/mol. The summed E-state index contributed by atoms with van der Waals surface area (Å²) in [5, 5.41) is 7.60. The number of hydrogen-bond donors (Lipinski definition) is 3. The number of benzene rings is 2. The molecule has 0 bridgehead atoms. The average Bonchev–Trinajstić information content (AvgIpc) is 3.47. The van der Waals surface area contributed by atoms with E-state index in [1.165, 1.54) is 13.0 Å². The molecule has 1 unspecified atom stereocenters. The molecular formula is C41H56N4O14. The van der Waals surface area contributed by atoms with Crippen molar-refractivity contribution in [3.63, 3.8) is 0 Å². The van der Waals surface area contributed by atoms with Crippen LogP contribution < -0.4 is 20.7 Å². The summed E-state index contributed by atoms with van der Waals surface area (Å²) >= 11 is 0. The molecule has 4 rings (SSSR count). The van der Waals surface area contributed by atoms with E-state index in [1.807, 2.05) is 0 Å². The number of fused-ring (bicyclic) bond motifs is 1. The van der Waals surface area contributed by atoms with Crippen LogP contribution in [0.3, 0.4) is 0 Å². The van der Waals surface area contributed by atoms with Gasteiger partial charge in [-0.3, -0.25) is 39.0 Å². The number of piperidine rings is 1. The highest BCUT2D eigenvalue weighted by molar-refractivity contribution is 6.26. The number of hydrogen-bond acceptors (Lipinski definition) is 14. The zero-order valence-corrected chi connectivity index (χ0v) is 33.6. The zero-order valence-electron chi connectivity index (χ0n) is 33.6. The van der Waals surface area contributed by atoms with Gasteiger partial charge in [0.05, 0.1) is 103 Å². The van der Waals surface area contributed by atoms with Gasteiger partial charge in [-0.1, -0.05) is 12.5 Å². The van der Waals surface area contributed by atoms with Crippen molar-refractivity contribution in [1.29, 1.82) is 0 Å². The van der Waals surface area contributed by atoms with E-state index in [9.17, 15) is 28.8 Å². The van der Waals surface area contributed by atoms with Crippen LogP contribution in [0.2, 0.25) is 0 Å². The number of rotatable bonds is 31. The van der Waals surface area contributed by atoms with E-state index in [1.54, 1.807) is 36.4 Å². The highest BCUT2D eigenvalue weighted by atomic mass is 16.6. The number of carbonyl (C=O) groups excluding carboxylic acids is 6. The standard InChI is InChI=1S/C41H56N4O14/c1-30(46)42-31-9-11-32(12-10-31)59-29-28-58-27-26-57-25-24-56-23-22-55-21-20-54-19-18-53-17-16-52-15-4-2-3-8-36(47)43-34-7-5-6-33-38(34)41(51)45(40(33)50)35-13-14-37(48)44-39(35)49/h5-7,9-12,35H,2-4,8,13-29H2,1H3,(H,42,46)(H,43,47)(H,44,48,49). The Morgan fingerprint density at radius 1 is 0.644 bits per heavy atom. The van der Waals surface area contributed by atoms with Crippen LogP contribution in [0.15, 0.2) is 42.5 Å². The second-order valence-electron chi connectivity index (χ2n) is 13.4. The summed E-state index contributed by atoms with van der Waals surface area (Å²) in [4.78, 5) is 74.6. The van der Waals surface area contributed by atoms with Crippen molar-refractivity contribution in [2.24, 2.45) is 0 Å². The molecule has 2 aromatic rings. The SMILES string of the molecule is CC(=O)Nc1ccc(OCCOCCOCCOCCOCCOCCOCCOCCCCCC(=O)Nc2cccc3c2C(=O)N(C2CCC(=O)NC2=O)C3=O)cc1. The van der Waals surface area contributed by atoms with E-state index in [0.717, 1.165) is 23.4 Å². The molecule has 2 aliphatic heterocycles. The molecule has 2 aromatic carbocycles. The summed E-state index contributed by atoms with van der Waals surface area (Å²) < 4.78 is 44.2. The van der Waals surface area contributed by atoms with E-state index in [4.69, 9.17) is 37.9 Å². The van der Waals surface area contributed by atoms with Gasteiger partial charge >= 0.3 is 0 Å². The van der Waals surface area contributed by atoms with Gasteiger partial charge < -0.3 is 48.5 Å². The fourth-order valence-corrected chi connectivity index (χ4v) is 5.98. The highest BCUT2D eigenvalue weighted by Gasteiger charge is 2.45. The van der Waals surface area contributed by atoms with Gasteiger partial charge in [0.2, 0.25) is 23.6 Å². The fourth-order valence-electron chi connectivity index (χ4n) is 5.98. The Balaban J connectivity index is 0.860. The third kappa shape index (κ3) is 17.1. The molecule has 1 atom stereocenters. The maximum absolute atomic E-state index is 13.2. The van der Waals surface area contributed by atoms with E-state index >= 15 is 0 Å². The molecule has 2 heterocycles. The lowest BCUT2D eigenvalue weighted by Gasteiger charge is -2.27. The highest BCUT2D eigenvalue weighted by Crippen LogP contribution is 2.32. The normalized spacial score (nSPS) is 15.0. The minimum Gasteiger partial charge on any atom is -0.491 e. The molecular weight excluding hydrogens is 772 g/mol. The molecule has 0 radical (unpaired) electrons. The summed E-state index contributed by atoms with van der Waals surface area (Å²) in [6, 6.07) is 10.6. The molecule has 59 heavy (non-hydrogen) atoms. The van der Waals surface area contributed by atoms with Crippen molar-refractivity contribution in [3.8, 4) is 5.75 Å². The van der Waals surface area contributed by atoms with Crippen molar-refractivity contribution in [2.75, 3.05) is 110 Å². The van der Waals surface area contributed by atoms with Crippen LogP contribution in [0.5, 0.6) is 5.75 Å². The molecule has 18 nitrogen and oxygen atoms in total. The van der Waals surface area contributed by atoms with Gasteiger partial charge in [0.25, 0.3) is 11.8 Å². The van der Waals surface area contributed by atoms with Crippen molar-refractivity contribution in [1.82, 2.24) is 10.2 Å². The molecule has 3 N–H and O–H groups in total. The van der Waals surface area contributed by atoms with Crippen LogP contribution in [0.25, 0.3) is 0 Å². The Bertz CT molecular complexity index is 1660. The monoisotopic (exact) mass is 828 g/mol. The molecule has 0 spiro atoms. The first-order valence-corrected chi connectivity index (χ1v) is 19.9. The number of unbranched alkanes of at least 4 members (excludes halogenated alkanes) is 2. The first-order chi connectivity index (χ1) is 28.7. The van der Waals surface area contributed by atoms with Gasteiger partial charge in [0.1, 0.15) is 18.4 Å². The maximum Gasteiger partial charge on any atom is 0.264 e. The van der Waals surface area contributed by atoms with Gasteiger partial charge in [0.15, 0.2) is 0 Å². The Kier molecular flexibility index (Phi) is 21.5. The van der Waals surface area contributed by atoms with E-state index < -0.39 is 29.7 Å². The Hall–Kier alpha value is -4.82. The van der Waals surface area contributed by atoms with Gasteiger partial charge in [-0.25, -0.2) is 0 Å². The van der Waals surface area contributed by atoms with Crippen LogP contribution in [-0.4, -0.2) is 145 Å². The van der Waals surface area contributed by atoms with Crippen LogP contribution in [-0.2, 0) is 52.3 Å². The Labute approximate surface area is 343 Å². The van der Waals surface area contributed by atoms with Crippen LogP contribution in [0.1, 0.15) is 66.2 Å². The minimum atomic E-state index is -1.08. The maximum atomic E-state index is 13.2. The number of amides is 6. The molecule has 1 saturated heterocycles.